The average Bonchev–Trinajstić information content (AvgIpc) is 3.08. The molecule has 8 nitrogen and oxygen atoms in total. The summed E-state index contributed by atoms with van der Waals surface area (Å²) in [5.41, 5.74) is 4.07. The SMILES string of the molecule is CCc1nc(-c2nnn(C)c2CO)ccc1N1CCC[C@H](CC(=O)OC)C1. The van der Waals surface area contributed by atoms with E-state index in [-0.39, 0.29) is 12.6 Å². The van der Waals surface area contributed by atoms with E-state index in [0.717, 1.165) is 49.4 Å². The third kappa shape index (κ3) is 4.10. The fourth-order valence-corrected chi connectivity index (χ4v) is 3.70. The number of aromatic nitrogens is 4. The van der Waals surface area contributed by atoms with Crippen LogP contribution in [0.15, 0.2) is 12.1 Å². The van der Waals surface area contributed by atoms with Crippen molar-refractivity contribution in [1.82, 2.24) is 20.0 Å². The molecule has 1 aliphatic heterocycles. The van der Waals surface area contributed by atoms with E-state index in [1.807, 2.05) is 6.07 Å². The lowest BCUT2D eigenvalue weighted by Crippen LogP contribution is -2.37. The topological polar surface area (TPSA) is 93.4 Å². The van der Waals surface area contributed by atoms with E-state index in [1.165, 1.54) is 7.11 Å². The second-order valence-electron chi connectivity index (χ2n) is 6.92. The minimum absolute atomic E-state index is 0.134. The normalized spacial score (nSPS) is 17.2. The number of esters is 1. The Morgan fingerprint density at radius 2 is 2.22 bits per heavy atom. The van der Waals surface area contributed by atoms with Crippen molar-refractivity contribution in [3.05, 3.63) is 23.5 Å². The predicted molar refractivity (Wildman–Crippen MR) is 101 cm³/mol. The van der Waals surface area contributed by atoms with Crippen molar-refractivity contribution in [3.63, 3.8) is 0 Å². The number of pyridine rings is 1. The van der Waals surface area contributed by atoms with Crippen LogP contribution >= 0.6 is 0 Å². The summed E-state index contributed by atoms with van der Waals surface area (Å²) in [4.78, 5) is 18.7. The minimum Gasteiger partial charge on any atom is -0.469 e. The maximum absolute atomic E-state index is 11.6. The molecule has 27 heavy (non-hydrogen) atoms. The Bertz CT molecular complexity index is 805. The smallest absolute Gasteiger partial charge is 0.305 e. The zero-order chi connectivity index (χ0) is 19.4. The lowest BCUT2D eigenvalue weighted by atomic mass is 9.94. The number of aliphatic hydroxyl groups excluding tert-OH is 1. The van der Waals surface area contributed by atoms with Crippen molar-refractivity contribution in [2.75, 3.05) is 25.1 Å². The molecule has 8 heteroatoms. The van der Waals surface area contributed by atoms with Gasteiger partial charge in [0.1, 0.15) is 5.69 Å². The Kier molecular flexibility index (Phi) is 6.05. The fourth-order valence-electron chi connectivity index (χ4n) is 3.70. The Balaban J connectivity index is 1.85. The highest BCUT2D eigenvalue weighted by molar-refractivity contribution is 5.69. The summed E-state index contributed by atoms with van der Waals surface area (Å²) >= 11 is 0. The minimum atomic E-state index is -0.148. The summed E-state index contributed by atoms with van der Waals surface area (Å²) < 4.78 is 6.39. The van der Waals surface area contributed by atoms with Gasteiger partial charge in [0.05, 0.1) is 36.5 Å². The Hall–Kier alpha value is -2.48. The van der Waals surface area contributed by atoms with E-state index in [4.69, 9.17) is 9.72 Å². The van der Waals surface area contributed by atoms with E-state index in [1.54, 1.807) is 11.7 Å². The van der Waals surface area contributed by atoms with Crippen molar-refractivity contribution in [1.29, 1.82) is 0 Å². The third-order valence-corrected chi connectivity index (χ3v) is 5.16. The zero-order valence-corrected chi connectivity index (χ0v) is 16.2. The van der Waals surface area contributed by atoms with Crippen molar-refractivity contribution in [3.8, 4) is 11.4 Å². The first-order valence-corrected chi connectivity index (χ1v) is 9.38. The molecule has 1 N–H and O–H groups in total. The van der Waals surface area contributed by atoms with Crippen LogP contribution < -0.4 is 4.90 Å². The number of methoxy groups -OCH3 is 1. The van der Waals surface area contributed by atoms with Crippen LogP contribution in [-0.4, -0.2) is 51.3 Å². The number of aliphatic hydroxyl groups is 1. The van der Waals surface area contributed by atoms with E-state index in [0.29, 0.717) is 23.7 Å². The molecule has 0 unspecified atom stereocenters. The highest BCUT2D eigenvalue weighted by Crippen LogP contribution is 2.30. The molecule has 0 amide bonds. The molecule has 1 saturated heterocycles. The molecule has 0 aliphatic carbocycles. The van der Waals surface area contributed by atoms with E-state index >= 15 is 0 Å². The van der Waals surface area contributed by atoms with Gasteiger partial charge in [0.2, 0.25) is 0 Å². The van der Waals surface area contributed by atoms with E-state index in [2.05, 4.69) is 28.2 Å². The van der Waals surface area contributed by atoms with Gasteiger partial charge in [-0.25, -0.2) is 9.67 Å². The molecule has 1 fully saturated rings. The monoisotopic (exact) mass is 373 g/mol. The quantitative estimate of drug-likeness (QED) is 0.771. The summed E-state index contributed by atoms with van der Waals surface area (Å²) in [6, 6.07) is 4.00. The Morgan fingerprint density at radius 1 is 1.41 bits per heavy atom. The average molecular weight is 373 g/mol. The van der Waals surface area contributed by atoms with Crippen LogP contribution in [0.3, 0.4) is 0 Å². The zero-order valence-electron chi connectivity index (χ0n) is 16.2. The van der Waals surface area contributed by atoms with Crippen molar-refractivity contribution >= 4 is 11.7 Å². The summed E-state index contributed by atoms with van der Waals surface area (Å²) in [6.07, 6.45) is 3.33. The summed E-state index contributed by atoms with van der Waals surface area (Å²) in [7, 11) is 3.19. The van der Waals surface area contributed by atoms with Gasteiger partial charge in [-0.2, -0.15) is 0 Å². The maximum Gasteiger partial charge on any atom is 0.305 e. The number of hydrogen-bond donors (Lipinski definition) is 1. The maximum atomic E-state index is 11.6. The van der Waals surface area contributed by atoms with Crippen LogP contribution in [0.1, 0.15) is 37.6 Å². The van der Waals surface area contributed by atoms with Gasteiger partial charge in [-0.1, -0.05) is 12.1 Å². The molecule has 0 bridgehead atoms. The number of carbonyl (C=O) groups excluding carboxylic acids is 1. The first-order valence-electron chi connectivity index (χ1n) is 9.38. The molecule has 2 aromatic rings. The fraction of sp³-hybridized carbons (Fsp3) is 0.579. The standard InChI is InChI=1S/C19H27N5O3/c1-4-14-16(24-9-5-6-13(11-24)10-18(26)27-3)8-7-15(20-14)19-17(12-25)23(2)22-21-19/h7-8,13,25H,4-6,9-12H2,1-3H3/t13-/m1/s1. The highest BCUT2D eigenvalue weighted by Gasteiger charge is 2.25. The molecule has 2 aromatic heterocycles. The van der Waals surface area contributed by atoms with Crippen molar-refractivity contribution in [2.24, 2.45) is 13.0 Å². The molecule has 0 aromatic carbocycles. The van der Waals surface area contributed by atoms with Crippen LogP contribution in [-0.2, 0) is 29.6 Å². The number of ether oxygens (including phenoxy) is 1. The van der Waals surface area contributed by atoms with E-state index in [9.17, 15) is 9.90 Å². The van der Waals surface area contributed by atoms with Crippen LogP contribution in [0.5, 0.6) is 0 Å². The number of carbonyl (C=O) groups is 1. The molecule has 3 rings (SSSR count). The lowest BCUT2D eigenvalue weighted by Gasteiger charge is -2.35. The molecule has 1 atom stereocenters. The van der Waals surface area contributed by atoms with Crippen molar-refractivity contribution in [2.45, 2.75) is 39.2 Å². The molecule has 3 heterocycles. The molecule has 0 radical (unpaired) electrons. The van der Waals surface area contributed by atoms with Crippen LogP contribution in [0.2, 0.25) is 0 Å². The molecule has 146 valence electrons. The number of nitrogens with zero attached hydrogens (tertiary/aromatic N) is 5. The summed E-state index contributed by atoms with van der Waals surface area (Å²) in [5, 5.41) is 17.7. The summed E-state index contributed by atoms with van der Waals surface area (Å²) in [5.74, 6) is 0.154. The molecule has 1 aliphatic rings. The third-order valence-electron chi connectivity index (χ3n) is 5.16. The van der Waals surface area contributed by atoms with Gasteiger partial charge >= 0.3 is 5.97 Å². The second-order valence-corrected chi connectivity index (χ2v) is 6.92. The number of rotatable bonds is 6. The number of piperidine rings is 1. The van der Waals surface area contributed by atoms with Gasteiger partial charge in [-0.3, -0.25) is 4.79 Å². The predicted octanol–water partition coefficient (Wildman–Crippen LogP) is 1.71. The molecule has 0 spiro atoms. The van der Waals surface area contributed by atoms with Gasteiger partial charge in [0.25, 0.3) is 0 Å². The molecular formula is C19H27N5O3. The molecular weight excluding hydrogens is 346 g/mol. The molecule has 0 saturated carbocycles. The van der Waals surface area contributed by atoms with Gasteiger partial charge in [0.15, 0.2) is 0 Å². The second kappa shape index (κ2) is 8.47. The van der Waals surface area contributed by atoms with Crippen LogP contribution in [0.25, 0.3) is 11.4 Å². The van der Waals surface area contributed by atoms with Gasteiger partial charge in [-0.05, 0) is 37.3 Å². The largest absolute Gasteiger partial charge is 0.469 e. The lowest BCUT2D eigenvalue weighted by molar-refractivity contribution is -0.141. The van der Waals surface area contributed by atoms with Crippen LogP contribution in [0.4, 0.5) is 5.69 Å². The van der Waals surface area contributed by atoms with Gasteiger partial charge in [-0.15, -0.1) is 5.10 Å². The number of anilines is 1. The highest BCUT2D eigenvalue weighted by atomic mass is 16.5. The van der Waals surface area contributed by atoms with Gasteiger partial charge < -0.3 is 14.7 Å². The van der Waals surface area contributed by atoms with Crippen molar-refractivity contribution < 1.29 is 14.6 Å². The van der Waals surface area contributed by atoms with Crippen LogP contribution in [0, 0.1) is 5.92 Å². The summed E-state index contributed by atoms with van der Waals surface area (Å²) in [6.45, 7) is 3.73. The Morgan fingerprint density at radius 3 is 2.93 bits per heavy atom. The van der Waals surface area contributed by atoms with Gasteiger partial charge in [0, 0.05) is 26.6 Å². The number of aryl methyl sites for hydroxylation is 2. The van der Waals surface area contributed by atoms with E-state index < -0.39 is 0 Å². The first-order chi connectivity index (χ1) is 13.1. The Labute approximate surface area is 159 Å². The number of hydrogen-bond acceptors (Lipinski definition) is 7. The first kappa shape index (κ1) is 19.3.